The first-order valence-electron chi connectivity index (χ1n) is 12.0. The summed E-state index contributed by atoms with van der Waals surface area (Å²) in [5.74, 6) is 1.23. The van der Waals surface area contributed by atoms with Crippen LogP contribution in [0.25, 0.3) is 0 Å². The van der Waals surface area contributed by atoms with Crippen molar-refractivity contribution in [2.45, 2.75) is 50.2 Å². The molecule has 2 aromatic rings. The summed E-state index contributed by atoms with van der Waals surface area (Å²) >= 11 is 0.922. The van der Waals surface area contributed by atoms with Crippen LogP contribution in [0.1, 0.15) is 59.5 Å². The van der Waals surface area contributed by atoms with E-state index in [0.717, 1.165) is 69.7 Å². The summed E-state index contributed by atoms with van der Waals surface area (Å²) in [6, 6.07) is 3.55. The van der Waals surface area contributed by atoms with E-state index < -0.39 is 11.9 Å². The molecule has 2 aromatic heterocycles. The fourth-order valence-electron chi connectivity index (χ4n) is 6.57. The first kappa shape index (κ1) is 21.2. The normalized spacial score (nSPS) is 25.7. The van der Waals surface area contributed by atoms with Gasteiger partial charge in [-0.15, -0.1) is 0 Å². The van der Waals surface area contributed by atoms with Gasteiger partial charge in [0.05, 0.1) is 5.69 Å². The molecule has 5 fully saturated rings. The molecule has 5 aliphatic rings. The van der Waals surface area contributed by atoms with Crippen LogP contribution in [-0.4, -0.2) is 74.6 Å². The maximum Gasteiger partial charge on any atom is 0.434 e. The van der Waals surface area contributed by atoms with Gasteiger partial charge in [0.2, 0.25) is 0 Å². The van der Waals surface area contributed by atoms with Crippen molar-refractivity contribution >= 4 is 17.6 Å². The number of hydrogen-bond donors (Lipinski definition) is 1. The van der Waals surface area contributed by atoms with Crippen molar-refractivity contribution in [1.82, 2.24) is 29.3 Å². The first-order chi connectivity index (χ1) is 16.2. The third-order valence-corrected chi connectivity index (χ3v) is 9.17. The predicted octanol–water partition coefficient (Wildman–Crippen LogP) is 3.88. The zero-order valence-corrected chi connectivity index (χ0v) is 19.6. The van der Waals surface area contributed by atoms with E-state index in [1.807, 2.05) is 9.80 Å². The molecule has 3 aliphatic heterocycles. The summed E-state index contributed by atoms with van der Waals surface area (Å²) < 4.78 is 41.7. The monoisotopic (exact) mass is 492 g/mol. The van der Waals surface area contributed by atoms with Gasteiger partial charge in [0.1, 0.15) is 0 Å². The van der Waals surface area contributed by atoms with Crippen molar-refractivity contribution in [2.75, 3.05) is 39.3 Å². The molecular weight excluding hydrogens is 465 g/mol. The largest absolute Gasteiger partial charge is 0.434 e. The van der Waals surface area contributed by atoms with Gasteiger partial charge in [0.25, 0.3) is 0 Å². The number of amides is 2. The molecule has 5 heterocycles. The van der Waals surface area contributed by atoms with Gasteiger partial charge in [0, 0.05) is 79.1 Å². The Morgan fingerprint density at radius 3 is 2.32 bits per heavy atom. The number of alkyl halides is 3. The van der Waals surface area contributed by atoms with Crippen LogP contribution in [0.15, 0.2) is 12.1 Å². The van der Waals surface area contributed by atoms with Gasteiger partial charge in [0.15, 0.2) is 5.69 Å². The van der Waals surface area contributed by atoms with Gasteiger partial charge < -0.3 is 9.80 Å². The highest BCUT2D eigenvalue weighted by Gasteiger charge is 2.58. The van der Waals surface area contributed by atoms with Gasteiger partial charge in [-0.05, 0) is 49.3 Å². The molecule has 34 heavy (non-hydrogen) atoms. The number of nitrogens with zero attached hydrogens (tertiary/aromatic N) is 5. The molecule has 0 atom stereocenters. The maximum atomic E-state index is 12.9. The average Bonchev–Trinajstić information content (AvgIpc) is 3.19. The minimum absolute atomic E-state index is 0.122. The van der Waals surface area contributed by atoms with E-state index in [-0.39, 0.29) is 11.4 Å². The second-order valence-electron chi connectivity index (χ2n) is 11.4. The Kier molecular flexibility index (Phi) is 4.34. The number of rotatable bonds is 4. The number of likely N-dealkylation sites (tertiary alicyclic amines) is 3. The Morgan fingerprint density at radius 1 is 1.03 bits per heavy atom. The zero-order chi connectivity index (χ0) is 23.3. The Hall–Kier alpha value is -2.14. The molecule has 7 nitrogen and oxygen atoms in total. The Morgan fingerprint density at radius 2 is 1.71 bits per heavy atom. The molecular formula is C23H27F3N6OS. The molecule has 182 valence electrons. The lowest BCUT2D eigenvalue weighted by molar-refractivity contribution is -0.140. The van der Waals surface area contributed by atoms with Gasteiger partial charge in [-0.2, -0.15) is 22.6 Å². The number of halogens is 3. The fourth-order valence-corrected chi connectivity index (χ4v) is 7.34. The summed E-state index contributed by atoms with van der Waals surface area (Å²) in [6.45, 7) is 5.37. The summed E-state index contributed by atoms with van der Waals surface area (Å²) in [5, 5.41) is 7.72. The summed E-state index contributed by atoms with van der Waals surface area (Å²) in [6.07, 6.45) is 0.418. The standard InChI is InChI=1S/C23H27F3N6OS/c24-23(25,26)19-3-16(34-29-19)7-30-8-22(9-30)12-32(13-22)20(33)31-10-21(11-31)5-15(6-21)18-4-17(27-28-18)14-1-2-14/h3-4,14-15H,1-2,5-13H2,(H,27,28). The molecule has 0 bridgehead atoms. The van der Waals surface area contributed by atoms with Crippen LogP contribution >= 0.6 is 11.5 Å². The van der Waals surface area contributed by atoms with Crippen LogP contribution in [0.5, 0.6) is 0 Å². The van der Waals surface area contributed by atoms with Gasteiger partial charge in [-0.3, -0.25) is 10.00 Å². The van der Waals surface area contributed by atoms with E-state index in [1.165, 1.54) is 24.2 Å². The first-order valence-corrected chi connectivity index (χ1v) is 12.8. The van der Waals surface area contributed by atoms with Gasteiger partial charge >= 0.3 is 12.2 Å². The van der Waals surface area contributed by atoms with Crippen molar-refractivity contribution in [3.05, 3.63) is 34.1 Å². The molecule has 0 aromatic carbocycles. The number of hydrogen-bond acceptors (Lipinski definition) is 5. The van der Waals surface area contributed by atoms with Crippen molar-refractivity contribution in [3.8, 4) is 0 Å². The van der Waals surface area contributed by atoms with Gasteiger partial charge in [-0.25, -0.2) is 4.79 Å². The maximum absolute atomic E-state index is 12.9. The van der Waals surface area contributed by atoms with Crippen LogP contribution in [0.3, 0.4) is 0 Å². The second-order valence-corrected chi connectivity index (χ2v) is 12.3. The highest BCUT2D eigenvalue weighted by Crippen LogP contribution is 2.56. The van der Waals surface area contributed by atoms with Crippen molar-refractivity contribution in [3.63, 3.8) is 0 Å². The Labute approximate surface area is 199 Å². The number of nitrogens with one attached hydrogen (secondary N) is 1. The van der Waals surface area contributed by atoms with Crippen LogP contribution in [0, 0.1) is 10.8 Å². The third-order valence-electron chi connectivity index (χ3n) is 8.40. The van der Waals surface area contributed by atoms with Crippen LogP contribution in [0.4, 0.5) is 18.0 Å². The lowest BCUT2D eigenvalue weighted by Gasteiger charge is -2.63. The minimum atomic E-state index is -4.38. The summed E-state index contributed by atoms with van der Waals surface area (Å²) in [4.78, 5) is 19.6. The third kappa shape index (κ3) is 3.45. The van der Waals surface area contributed by atoms with Crippen LogP contribution in [-0.2, 0) is 12.7 Å². The number of aromatic nitrogens is 3. The topological polar surface area (TPSA) is 68.4 Å². The number of carbonyl (C=O) groups is 1. The molecule has 2 amide bonds. The minimum Gasteiger partial charge on any atom is -0.323 e. The molecule has 0 unspecified atom stereocenters. The molecule has 0 radical (unpaired) electrons. The number of aromatic amines is 1. The smallest absolute Gasteiger partial charge is 0.323 e. The summed E-state index contributed by atoms with van der Waals surface area (Å²) in [5.41, 5.74) is 2.11. The van der Waals surface area contributed by atoms with E-state index in [0.29, 0.717) is 28.7 Å². The molecule has 2 aliphatic carbocycles. The van der Waals surface area contributed by atoms with Crippen molar-refractivity contribution < 1.29 is 18.0 Å². The van der Waals surface area contributed by atoms with E-state index >= 15 is 0 Å². The van der Waals surface area contributed by atoms with E-state index in [4.69, 9.17) is 0 Å². The average molecular weight is 493 g/mol. The van der Waals surface area contributed by atoms with Crippen LogP contribution in [0.2, 0.25) is 0 Å². The quantitative estimate of drug-likeness (QED) is 0.704. The molecule has 1 N–H and O–H groups in total. The highest BCUT2D eigenvalue weighted by atomic mass is 32.1. The Balaban J connectivity index is 0.844. The lowest BCUT2D eigenvalue weighted by atomic mass is 9.57. The predicted molar refractivity (Wildman–Crippen MR) is 118 cm³/mol. The summed E-state index contributed by atoms with van der Waals surface area (Å²) in [7, 11) is 0. The zero-order valence-electron chi connectivity index (χ0n) is 18.8. The molecule has 2 spiro atoms. The molecule has 3 saturated heterocycles. The number of H-pyrrole nitrogens is 1. The second kappa shape index (κ2) is 6.96. The van der Waals surface area contributed by atoms with E-state index in [9.17, 15) is 18.0 Å². The molecule has 11 heteroatoms. The van der Waals surface area contributed by atoms with E-state index in [2.05, 4.69) is 25.5 Å². The number of urea groups is 1. The van der Waals surface area contributed by atoms with E-state index in [1.54, 1.807) is 0 Å². The van der Waals surface area contributed by atoms with Crippen LogP contribution < -0.4 is 0 Å². The van der Waals surface area contributed by atoms with Crippen molar-refractivity contribution in [1.29, 1.82) is 0 Å². The number of carbonyl (C=O) groups excluding carboxylic acids is 1. The van der Waals surface area contributed by atoms with Crippen molar-refractivity contribution in [2.24, 2.45) is 10.8 Å². The Bertz CT molecular complexity index is 1110. The molecule has 7 rings (SSSR count). The SMILES string of the molecule is O=C(N1CC2(CC(c3cc(C4CC4)n[nH]3)C2)C1)N1CC2(CN(Cc3cc(C(F)(F)F)ns3)C2)C1. The lowest BCUT2D eigenvalue weighted by Crippen LogP contribution is -2.75. The highest BCUT2D eigenvalue weighted by molar-refractivity contribution is 7.05. The fraction of sp³-hybridized carbons (Fsp3) is 0.696. The molecule has 2 saturated carbocycles. The van der Waals surface area contributed by atoms with Gasteiger partial charge in [-0.1, -0.05) is 0 Å².